The summed E-state index contributed by atoms with van der Waals surface area (Å²) in [5.74, 6) is -0.811. The molecule has 0 aliphatic rings. The molecule has 0 aliphatic heterocycles. The van der Waals surface area contributed by atoms with Gasteiger partial charge in [-0.2, -0.15) is 0 Å². The lowest BCUT2D eigenvalue weighted by atomic mass is 10.3. The fourth-order valence-electron chi connectivity index (χ4n) is 1.00. The van der Waals surface area contributed by atoms with Gasteiger partial charge in [0.05, 0.1) is 6.42 Å². The zero-order chi connectivity index (χ0) is 10.8. The molecule has 0 saturated heterocycles. The zero-order valence-electron chi connectivity index (χ0n) is 8.99. The number of hydrogen-bond acceptors (Lipinski definition) is 3. The molecule has 0 aromatic heterocycles. The van der Waals surface area contributed by atoms with E-state index in [1.54, 1.807) is 0 Å². The highest BCUT2D eigenvalue weighted by Gasteiger charge is 2.10. The van der Waals surface area contributed by atoms with Crippen LogP contribution in [0.1, 0.15) is 39.5 Å². The van der Waals surface area contributed by atoms with Crippen LogP contribution in [0.2, 0.25) is 0 Å². The normalized spacial score (nSPS) is 12.7. The number of carbonyl (C=O) groups is 1. The lowest BCUT2D eigenvalue weighted by Gasteiger charge is -2.16. The Kier molecular flexibility index (Phi) is 8.57. The third kappa shape index (κ3) is 8.01. The Labute approximate surface area is 85.2 Å². The molecule has 1 N–H and O–H groups in total. The number of ether oxygens (including phenoxy) is 2. The van der Waals surface area contributed by atoms with Crippen molar-refractivity contribution in [2.24, 2.45) is 0 Å². The zero-order valence-corrected chi connectivity index (χ0v) is 8.99. The molecular weight excluding hydrogens is 184 g/mol. The summed E-state index contributed by atoms with van der Waals surface area (Å²) in [4.78, 5) is 10.3. The highest BCUT2D eigenvalue weighted by Crippen LogP contribution is 2.05. The molecule has 1 atom stereocenters. The van der Waals surface area contributed by atoms with E-state index in [2.05, 4.69) is 6.92 Å². The summed E-state index contributed by atoms with van der Waals surface area (Å²) < 4.78 is 10.6. The summed E-state index contributed by atoms with van der Waals surface area (Å²) in [6, 6.07) is 0. The van der Waals surface area contributed by atoms with Gasteiger partial charge in [0.15, 0.2) is 6.29 Å². The Hall–Kier alpha value is -0.610. The monoisotopic (exact) mass is 204 g/mol. The molecular formula is C10H20O4. The minimum atomic E-state index is -0.811. The number of rotatable bonds is 9. The molecule has 0 saturated carbocycles. The van der Waals surface area contributed by atoms with E-state index < -0.39 is 5.97 Å². The SMILES string of the molecule is CCCCOC(CCC(=O)O)OCC. The van der Waals surface area contributed by atoms with Gasteiger partial charge in [-0.1, -0.05) is 13.3 Å². The van der Waals surface area contributed by atoms with E-state index in [1.165, 1.54) is 0 Å². The summed E-state index contributed by atoms with van der Waals surface area (Å²) in [7, 11) is 0. The molecule has 0 aromatic carbocycles. The van der Waals surface area contributed by atoms with Crippen molar-refractivity contribution in [3.05, 3.63) is 0 Å². The van der Waals surface area contributed by atoms with Crippen molar-refractivity contribution in [2.75, 3.05) is 13.2 Å². The van der Waals surface area contributed by atoms with Crippen LogP contribution in [0.3, 0.4) is 0 Å². The average Bonchev–Trinajstić information content (AvgIpc) is 2.14. The summed E-state index contributed by atoms with van der Waals surface area (Å²) in [6.07, 6.45) is 2.21. The first kappa shape index (κ1) is 13.4. The number of unbranched alkanes of at least 4 members (excludes halogenated alkanes) is 1. The molecule has 0 bridgehead atoms. The van der Waals surface area contributed by atoms with Crippen molar-refractivity contribution in [3.63, 3.8) is 0 Å². The summed E-state index contributed by atoms with van der Waals surface area (Å²) in [6.45, 7) is 5.14. The van der Waals surface area contributed by atoms with E-state index in [-0.39, 0.29) is 12.7 Å². The molecule has 4 heteroatoms. The average molecular weight is 204 g/mol. The van der Waals surface area contributed by atoms with Gasteiger partial charge in [0.1, 0.15) is 0 Å². The van der Waals surface area contributed by atoms with Crippen molar-refractivity contribution in [1.29, 1.82) is 0 Å². The lowest BCUT2D eigenvalue weighted by Crippen LogP contribution is -2.19. The van der Waals surface area contributed by atoms with Crippen molar-refractivity contribution in [3.8, 4) is 0 Å². The number of carboxylic acid groups (broad SMARTS) is 1. The molecule has 0 fully saturated rings. The summed E-state index contributed by atoms with van der Waals surface area (Å²) >= 11 is 0. The lowest BCUT2D eigenvalue weighted by molar-refractivity contribution is -0.154. The van der Waals surface area contributed by atoms with E-state index in [0.717, 1.165) is 12.8 Å². The third-order valence-electron chi connectivity index (χ3n) is 1.75. The predicted octanol–water partition coefficient (Wildman–Crippen LogP) is 2.03. The fourth-order valence-corrected chi connectivity index (χ4v) is 1.00. The topological polar surface area (TPSA) is 55.8 Å². The van der Waals surface area contributed by atoms with Gasteiger partial charge in [0, 0.05) is 19.6 Å². The molecule has 84 valence electrons. The Morgan fingerprint density at radius 1 is 1.36 bits per heavy atom. The van der Waals surface area contributed by atoms with Crippen molar-refractivity contribution in [2.45, 2.75) is 45.8 Å². The quantitative estimate of drug-likeness (QED) is 0.461. The van der Waals surface area contributed by atoms with E-state index in [4.69, 9.17) is 14.6 Å². The van der Waals surface area contributed by atoms with Crippen LogP contribution >= 0.6 is 0 Å². The van der Waals surface area contributed by atoms with Gasteiger partial charge in [-0.15, -0.1) is 0 Å². The standard InChI is InChI=1S/C10H20O4/c1-3-5-8-14-10(13-4-2)7-6-9(11)12/h10H,3-8H2,1-2H3,(H,11,12). The van der Waals surface area contributed by atoms with Gasteiger partial charge in [-0.3, -0.25) is 4.79 Å². The van der Waals surface area contributed by atoms with E-state index in [9.17, 15) is 4.79 Å². The minimum absolute atomic E-state index is 0.0940. The molecule has 0 heterocycles. The van der Waals surface area contributed by atoms with Crippen LogP contribution in [0.4, 0.5) is 0 Å². The van der Waals surface area contributed by atoms with Crippen LogP contribution in [-0.4, -0.2) is 30.6 Å². The molecule has 1 unspecified atom stereocenters. The Balaban J connectivity index is 3.59. The van der Waals surface area contributed by atoms with E-state index in [1.807, 2.05) is 6.92 Å². The van der Waals surface area contributed by atoms with Gasteiger partial charge in [-0.05, 0) is 13.3 Å². The first-order chi connectivity index (χ1) is 6.70. The van der Waals surface area contributed by atoms with Crippen molar-refractivity contribution in [1.82, 2.24) is 0 Å². The van der Waals surface area contributed by atoms with E-state index in [0.29, 0.717) is 19.6 Å². The maximum Gasteiger partial charge on any atom is 0.303 e. The van der Waals surface area contributed by atoms with Gasteiger partial charge >= 0.3 is 5.97 Å². The number of aliphatic carboxylic acids is 1. The minimum Gasteiger partial charge on any atom is -0.481 e. The molecule has 0 radical (unpaired) electrons. The largest absolute Gasteiger partial charge is 0.481 e. The second-order valence-corrected chi connectivity index (χ2v) is 3.04. The number of hydrogen-bond donors (Lipinski definition) is 1. The maximum atomic E-state index is 10.3. The maximum absolute atomic E-state index is 10.3. The smallest absolute Gasteiger partial charge is 0.303 e. The first-order valence-electron chi connectivity index (χ1n) is 5.15. The second kappa shape index (κ2) is 8.97. The first-order valence-corrected chi connectivity index (χ1v) is 5.15. The van der Waals surface area contributed by atoms with Gasteiger partial charge in [-0.25, -0.2) is 0 Å². The van der Waals surface area contributed by atoms with Gasteiger partial charge in [0.25, 0.3) is 0 Å². The molecule has 0 aliphatic carbocycles. The van der Waals surface area contributed by atoms with Crippen LogP contribution in [-0.2, 0) is 14.3 Å². The third-order valence-corrected chi connectivity index (χ3v) is 1.75. The van der Waals surface area contributed by atoms with Gasteiger partial charge < -0.3 is 14.6 Å². The highest BCUT2D eigenvalue weighted by atomic mass is 16.7. The van der Waals surface area contributed by atoms with Gasteiger partial charge in [0.2, 0.25) is 0 Å². The summed E-state index contributed by atoms with van der Waals surface area (Å²) in [5, 5.41) is 8.49. The van der Waals surface area contributed by atoms with Crippen LogP contribution in [0.5, 0.6) is 0 Å². The predicted molar refractivity (Wildman–Crippen MR) is 53.1 cm³/mol. The van der Waals surface area contributed by atoms with Crippen molar-refractivity contribution >= 4 is 5.97 Å². The Morgan fingerprint density at radius 2 is 2.07 bits per heavy atom. The number of carboxylic acids is 1. The van der Waals surface area contributed by atoms with Crippen LogP contribution in [0.25, 0.3) is 0 Å². The van der Waals surface area contributed by atoms with Crippen LogP contribution in [0, 0.1) is 0 Å². The molecule has 0 spiro atoms. The second-order valence-electron chi connectivity index (χ2n) is 3.04. The van der Waals surface area contributed by atoms with E-state index >= 15 is 0 Å². The Morgan fingerprint density at radius 3 is 2.57 bits per heavy atom. The molecule has 0 rings (SSSR count). The van der Waals surface area contributed by atoms with Crippen LogP contribution < -0.4 is 0 Å². The fraction of sp³-hybridized carbons (Fsp3) is 0.900. The molecule has 0 aromatic rings. The molecule has 14 heavy (non-hydrogen) atoms. The van der Waals surface area contributed by atoms with Crippen LogP contribution in [0.15, 0.2) is 0 Å². The van der Waals surface area contributed by atoms with Crippen molar-refractivity contribution < 1.29 is 19.4 Å². The highest BCUT2D eigenvalue weighted by molar-refractivity contribution is 5.66. The molecule has 4 nitrogen and oxygen atoms in total. The Bertz CT molecular complexity index is 147. The summed E-state index contributed by atoms with van der Waals surface area (Å²) in [5.41, 5.74) is 0. The molecule has 0 amide bonds.